The fraction of sp³-hybridized carbons (Fsp3) is 0.214. The van der Waals surface area contributed by atoms with Gasteiger partial charge < -0.3 is 9.88 Å². The monoisotopic (exact) mass is 282 g/mol. The Morgan fingerprint density at radius 3 is 2.30 bits per heavy atom. The molecule has 0 unspecified atom stereocenters. The van der Waals surface area contributed by atoms with Crippen molar-refractivity contribution in [3.05, 3.63) is 64.1 Å². The Bertz CT molecular complexity index is 645. The van der Waals surface area contributed by atoms with Gasteiger partial charge in [-0.3, -0.25) is 4.79 Å². The van der Waals surface area contributed by atoms with Gasteiger partial charge in [-0.2, -0.15) is 13.2 Å². The molecule has 0 saturated carbocycles. The van der Waals surface area contributed by atoms with Crippen LogP contribution in [0.1, 0.15) is 11.1 Å². The van der Waals surface area contributed by atoms with Crippen LogP contribution in [0.5, 0.6) is 0 Å². The van der Waals surface area contributed by atoms with Crippen LogP contribution < -0.4 is 10.9 Å². The van der Waals surface area contributed by atoms with E-state index in [9.17, 15) is 18.0 Å². The molecule has 2 aromatic rings. The number of hydrogen-bond donors (Lipinski definition) is 1. The molecule has 0 fully saturated rings. The summed E-state index contributed by atoms with van der Waals surface area (Å²) in [5.41, 5.74) is 0.673. The molecule has 106 valence electrons. The second-order valence-corrected chi connectivity index (χ2v) is 4.42. The molecule has 2 rings (SSSR count). The normalized spacial score (nSPS) is 11.4. The standard InChI is InChI=1S/C14H13F3N2O/c1-19-9-12(6-7-13(19)20)18-8-10-2-4-11(5-3-10)14(15,16)17/h2-7,9,18H,8H2,1H3. The number of nitrogens with zero attached hydrogens (tertiary/aromatic N) is 1. The minimum atomic E-state index is -4.32. The van der Waals surface area contributed by atoms with Crippen LogP contribution in [-0.4, -0.2) is 4.57 Å². The van der Waals surface area contributed by atoms with E-state index in [1.807, 2.05) is 0 Å². The summed E-state index contributed by atoms with van der Waals surface area (Å²) in [6, 6.07) is 8.02. The lowest BCUT2D eigenvalue weighted by atomic mass is 10.1. The zero-order valence-electron chi connectivity index (χ0n) is 10.7. The first-order valence-electron chi connectivity index (χ1n) is 5.93. The lowest BCUT2D eigenvalue weighted by Crippen LogP contribution is -2.15. The van der Waals surface area contributed by atoms with Crippen LogP contribution in [0.4, 0.5) is 18.9 Å². The number of aryl methyl sites for hydroxylation is 1. The third kappa shape index (κ3) is 3.40. The molecule has 3 nitrogen and oxygen atoms in total. The Balaban J connectivity index is 2.04. The molecule has 1 aromatic carbocycles. The van der Waals surface area contributed by atoms with Gasteiger partial charge in [0.25, 0.3) is 0 Å². The first kappa shape index (κ1) is 14.2. The molecule has 0 aliphatic heterocycles. The fourth-order valence-corrected chi connectivity index (χ4v) is 1.71. The molecule has 1 N–H and O–H groups in total. The third-order valence-corrected chi connectivity index (χ3v) is 2.86. The van der Waals surface area contributed by atoms with Crippen molar-refractivity contribution in [1.29, 1.82) is 0 Å². The van der Waals surface area contributed by atoms with E-state index in [1.165, 1.54) is 22.8 Å². The molecule has 0 amide bonds. The van der Waals surface area contributed by atoms with Gasteiger partial charge in [0, 0.05) is 25.9 Å². The maximum atomic E-state index is 12.4. The van der Waals surface area contributed by atoms with Crippen molar-refractivity contribution in [2.24, 2.45) is 7.05 Å². The van der Waals surface area contributed by atoms with Crippen LogP contribution in [0.3, 0.4) is 0 Å². The van der Waals surface area contributed by atoms with Crippen LogP contribution in [0, 0.1) is 0 Å². The molecule has 20 heavy (non-hydrogen) atoms. The van der Waals surface area contributed by atoms with E-state index >= 15 is 0 Å². The predicted octanol–water partition coefficient (Wildman–Crippen LogP) is 3.02. The highest BCUT2D eigenvalue weighted by Gasteiger charge is 2.29. The summed E-state index contributed by atoms with van der Waals surface area (Å²) >= 11 is 0. The smallest absolute Gasteiger partial charge is 0.380 e. The number of halogens is 3. The van der Waals surface area contributed by atoms with Crippen LogP contribution >= 0.6 is 0 Å². The number of anilines is 1. The van der Waals surface area contributed by atoms with E-state index in [0.717, 1.165) is 23.4 Å². The molecule has 0 saturated heterocycles. The van der Waals surface area contributed by atoms with Crippen LogP contribution in [-0.2, 0) is 19.8 Å². The minimum absolute atomic E-state index is 0.120. The molecule has 0 bridgehead atoms. The van der Waals surface area contributed by atoms with Crippen molar-refractivity contribution in [2.75, 3.05) is 5.32 Å². The van der Waals surface area contributed by atoms with Crippen LogP contribution in [0.25, 0.3) is 0 Å². The number of hydrogen-bond acceptors (Lipinski definition) is 2. The van der Waals surface area contributed by atoms with Crippen LogP contribution in [0.2, 0.25) is 0 Å². The van der Waals surface area contributed by atoms with Gasteiger partial charge in [-0.1, -0.05) is 12.1 Å². The fourth-order valence-electron chi connectivity index (χ4n) is 1.71. The second kappa shape index (κ2) is 5.40. The Labute approximate surface area is 113 Å². The number of benzene rings is 1. The van der Waals surface area contributed by atoms with Crippen molar-refractivity contribution in [3.8, 4) is 0 Å². The number of alkyl halides is 3. The molecular weight excluding hydrogens is 269 g/mol. The Morgan fingerprint density at radius 1 is 1.10 bits per heavy atom. The van der Waals surface area contributed by atoms with Gasteiger partial charge in [0.05, 0.1) is 11.3 Å². The average molecular weight is 282 g/mol. The molecule has 1 heterocycles. The summed E-state index contributed by atoms with van der Waals surface area (Å²) in [4.78, 5) is 11.2. The molecule has 0 aliphatic carbocycles. The largest absolute Gasteiger partial charge is 0.416 e. The number of rotatable bonds is 3. The van der Waals surface area contributed by atoms with Crippen molar-refractivity contribution in [3.63, 3.8) is 0 Å². The Morgan fingerprint density at radius 2 is 1.75 bits per heavy atom. The second-order valence-electron chi connectivity index (χ2n) is 4.42. The van der Waals surface area contributed by atoms with Crippen molar-refractivity contribution in [1.82, 2.24) is 4.57 Å². The van der Waals surface area contributed by atoms with Crippen LogP contribution in [0.15, 0.2) is 47.4 Å². The highest BCUT2D eigenvalue weighted by Crippen LogP contribution is 2.29. The topological polar surface area (TPSA) is 34.0 Å². The van der Waals surface area contributed by atoms with E-state index in [-0.39, 0.29) is 5.56 Å². The van der Waals surface area contributed by atoms with Crippen molar-refractivity contribution < 1.29 is 13.2 Å². The summed E-state index contributed by atoms with van der Waals surface area (Å²) in [7, 11) is 1.63. The average Bonchev–Trinajstić information content (AvgIpc) is 2.40. The first-order valence-corrected chi connectivity index (χ1v) is 5.93. The van der Waals surface area contributed by atoms with Crippen molar-refractivity contribution >= 4 is 5.69 Å². The van der Waals surface area contributed by atoms with Gasteiger partial charge in [0.2, 0.25) is 5.56 Å². The number of aromatic nitrogens is 1. The van der Waals surface area contributed by atoms with Gasteiger partial charge in [-0.15, -0.1) is 0 Å². The summed E-state index contributed by atoms with van der Waals surface area (Å²) in [6.07, 6.45) is -2.68. The van der Waals surface area contributed by atoms with Gasteiger partial charge in [-0.05, 0) is 23.8 Å². The van der Waals surface area contributed by atoms with Gasteiger partial charge in [-0.25, -0.2) is 0 Å². The van der Waals surface area contributed by atoms with E-state index < -0.39 is 11.7 Å². The lowest BCUT2D eigenvalue weighted by Gasteiger charge is -2.10. The van der Waals surface area contributed by atoms with E-state index in [0.29, 0.717) is 6.54 Å². The summed E-state index contributed by atoms with van der Waals surface area (Å²) in [5, 5.41) is 3.05. The zero-order chi connectivity index (χ0) is 14.8. The molecule has 0 aliphatic rings. The maximum Gasteiger partial charge on any atom is 0.416 e. The molecule has 0 spiro atoms. The SMILES string of the molecule is Cn1cc(NCc2ccc(C(F)(F)F)cc2)ccc1=O. The quantitative estimate of drug-likeness (QED) is 0.939. The highest BCUT2D eigenvalue weighted by molar-refractivity contribution is 5.41. The minimum Gasteiger partial charge on any atom is -0.380 e. The zero-order valence-corrected chi connectivity index (χ0v) is 10.7. The lowest BCUT2D eigenvalue weighted by molar-refractivity contribution is -0.137. The van der Waals surface area contributed by atoms with Gasteiger partial charge in [0.1, 0.15) is 0 Å². The Kier molecular flexibility index (Phi) is 3.83. The third-order valence-electron chi connectivity index (χ3n) is 2.86. The first-order chi connectivity index (χ1) is 9.36. The van der Waals surface area contributed by atoms with Crippen molar-refractivity contribution in [2.45, 2.75) is 12.7 Å². The maximum absolute atomic E-state index is 12.4. The molecule has 6 heteroatoms. The van der Waals surface area contributed by atoms with E-state index in [2.05, 4.69) is 5.32 Å². The number of pyridine rings is 1. The highest BCUT2D eigenvalue weighted by atomic mass is 19.4. The van der Waals surface area contributed by atoms with Gasteiger partial charge >= 0.3 is 6.18 Å². The molecule has 0 atom stereocenters. The predicted molar refractivity (Wildman–Crippen MR) is 70.5 cm³/mol. The van der Waals surface area contributed by atoms with E-state index in [1.54, 1.807) is 19.3 Å². The Hall–Kier alpha value is -2.24. The number of nitrogens with one attached hydrogen (secondary N) is 1. The molecule has 1 aromatic heterocycles. The van der Waals surface area contributed by atoms with E-state index in [4.69, 9.17) is 0 Å². The summed E-state index contributed by atoms with van der Waals surface area (Å²) < 4.78 is 38.6. The van der Waals surface area contributed by atoms with Gasteiger partial charge in [0.15, 0.2) is 0 Å². The summed E-state index contributed by atoms with van der Waals surface area (Å²) in [5.74, 6) is 0. The summed E-state index contributed by atoms with van der Waals surface area (Å²) in [6.45, 7) is 0.385. The molecule has 0 radical (unpaired) electrons. The molecular formula is C14H13F3N2O.